The molecule has 0 bridgehead atoms. The number of nitrogens with zero attached hydrogens (tertiary/aromatic N) is 4. The summed E-state index contributed by atoms with van der Waals surface area (Å²) in [7, 11) is 4.48. The van der Waals surface area contributed by atoms with Crippen molar-refractivity contribution in [1.82, 2.24) is 19.1 Å². The van der Waals surface area contributed by atoms with Gasteiger partial charge in [-0.25, -0.2) is 14.8 Å². The lowest BCUT2D eigenvalue weighted by molar-refractivity contribution is -0.114. The summed E-state index contributed by atoms with van der Waals surface area (Å²) in [6, 6.07) is 7.20. The highest BCUT2D eigenvalue weighted by molar-refractivity contribution is 8.00. The predicted molar refractivity (Wildman–Crippen MR) is 103 cm³/mol. The molecule has 0 amide bonds. The summed E-state index contributed by atoms with van der Waals surface area (Å²) in [5, 5.41) is 0.566. The smallest absolute Gasteiger partial charge is 0.332 e. The van der Waals surface area contributed by atoms with Gasteiger partial charge in [0.1, 0.15) is 21.9 Å². The van der Waals surface area contributed by atoms with Crippen LogP contribution in [-0.4, -0.2) is 37.7 Å². The minimum Gasteiger partial charge on any atom is -0.496 e. The first-order valence-corrected chi connectivity index (χ1v) is 9.07. The third kappa shape index (κ3) is 3.37. The van der Waals surface area contributed by atoms with E-state index in [2.05, 4.69) is 9.97 Å². The van der Waals surface area contributed by atoms with E-state index in [0.717, 1.165) is 16.3 Å². The third-order valence-corrected chi connectivity index (χ3v) is 5.15. The number of benzene rings is 1. The molecule has 9 heteroatoms. The fourth-order valence-electron chi connectivity index (χ4n) is 2.65. The standard InChI is InChI=1S/C18H18N4O4S/c1-10(23)9-27-16-13-15(21(2)18(25)22(3)17(13)24)19-14(20-16)11-7-5-6-8-12(11)26-4/h5-8H,9H2,1-4H3. The highest BCUT2D eigenvalue weighted by Crippen LogP contribution is 2.30. The second-order valence-corrected chi connectivity index (χ2v) is 6.91. The van der Waals surface area contributed by atoms with Crippen LogP contribution in [0.3, 0.4) is 0 Å². The summed E-state index contributed by atoms with van der Waals surface area (Å²) in [6.45, 7) is 1.46. The first kappa shape index (κ1) is 18.8. The van der Waals surface area contributed by atoms with E-state index < -0.39 is 11.2 Å². The number of hydrogen-bond donors (Lipinski definition) is 0. The van der Waals surface area contributed by atoms with E-state index in [-0.39, 0.29) is 22.6 Å². The number of rotatable bonds is 5. The molecule has 0 spiro atoms. The molecule has 3 aromatic rings. The van der Waals surface area contributed by atoms with Gasteiger partial charge in [0.15, 0.2) is 11.5 Å². The van der Waals surface area contributed by atoms with Gasteiger partial charge < -0.3 is 4.74 Å². The molecule has 0 fully saturated rings. The molecule has 0 aliphatic carbocycles. The largest absolute Gasteiger partial charge is 0.496 e. The van der Waals surface area contributed by atoms with Gasteiger partial charge in [-0.2, -0.15) is 0 Å². The Morgan fingerprint density at radius 2 is 1.85 bits per heavy atom. The Hall–Kier alpha value is -2.94. The lowest BCUT2D eigenvalue weighted by Gasteiger charge is -2.13. The van der Waals surface area contributed by atoms with E-state index in [4.69, 9.17) is 4.74 Å². The first-order chi connectivity index (χ1) is 12.8. The molecule has 1 aromatic carbocycles. The highest BCUT2D eigenvalue weighted by Gasteiger charge is 2.19. The van der Waals surface area contributed by atoms with Crippen molar-refractivity contribution in [3.63, 3.8) is 0 Å². The van der Waals surface area contributed by atoms with Gasteiger partial charge in [0.05, 0.1) is 18.4 Å². The summed E-state index contributed by atoms with van der Waals surface area (Å²) < 4.78 is 7.68. The first-order valence-electron chi connectivity index (χ1n) is 8.08. The van der Waals surface area contributed by atoms with Crippen LogP contribution in [0.5, 0.6) is 5.75 Å². The van der Waals surface area contributed by atoms with E-state index in [1.165, 1.54) is 25.6 Å². The topological polar surface area (TPSA) is 96.1 Å². The molecule has 140 valence electrons. The Morgan fingerprint density at radius 1 is 1.15 bits per heavy atom. The van der Waals surface area contributed by atoms with Crippen molar-refractivity contribution >= 4 is 28.6 Å². The van der Waals surface area contributed by atoms with Crippen molar-refractivity contribution in [3.8, 4) is 17.1 Å². The molecule has 27 heavy (non-hydrogen) atoms. The van der Waals surface area contributed by atoms with Crippen molar-refractivity contribution in [2.75, 3.05) is 12.9 Å². The number of thioether (sulfide) groups is 1. The molecule has 2 heterocycles. The quantitative estimate of drug-likeness (QED) is 0.483. The molecule has 8 nitrogen and oxygen atoms in total. The summed E-state index contributed by atoms with van der Waals surface area (Å²) >= 11 is 1.15. The van der Waals surface area contributed by atoms with Crippen LogP contribution in [0.4, 0.5) is 0 Å². The van der Waals surface area contributed by atoms with Gasteiger partial charge in [0.2, 0.25) is 0 Å². The molecule has 0 atom stereocenters. The van der Waals surface area contributed by atoms with Gasteiger partial charge in [0.25, 0.3) is 5.56 Å². The number of methoxy groups -OCH3 is 1. The molecule has 2 aromatic heterocycles. The van der Waals surface area contributed by atoms with Crippen molar-refractivity contribution in [2.45, 2.75) is 11.9 Å². The fourth-order valence-corrected chi connectivity index (χ4v) is 3.47. The Bertz CT molecular complexity index is 1170. The number of fused-ring (bicyclic) bond motifs is 1. The van der Waals surface area contributed by atoms with E-state index in [0.29, 0.717) is 22.2 Å². The minimum atomic E-state index is -0.495. The lowest BCUT2D eigenvalue weighted by Crippen LogP contribution is -2.37. The Morgan fingerprint density at radius 3 is 2.52 bits per heavy atom. The van der Waals surface area contributed by atoms with Crippen LogP contribution in [0.15, 0.2) is 38.9 Å². The molecular weight excluding hydrogens is 368 g/mol. The Balaban J connectivity index is 2.40. The molecule has 0 radical (unpaired) electrons. The maximum absolute atomic E-state index is 12.7. The van der Waals surface area contributed by atoms with Gasteiger partial charge in [-0.3, -0.25) is 18.7 Å². The Kier molecular flexibility index (Phi) is 5.13. The number of para-hydroxylation sites is 1. The van der Waals surface area contributed by atoms with Gasteiger partial charge in [0, 0.05) is 14.1 Å². The lowest BCUT2D eigenvalue weighted by atomic mass is 10.2. The van der Waals surface area contributed by atoms with E-state index in [1.807, 2.05) is 12.1 Å². The van der Waals surface area contributed by atoms with E-state index in [9.17, 15) is 14.4 Å². The second-order valence-electron chi connectivity index (χ2n) is 5.95. The molecular formula is C18H18N4O4S. The SMILES string of the molecule is COc1ccccc1-c1nc(SCC(C)=O)c2c(=O)n(C)c(=O)n(C)c2n1. The van der Waals surface area contributed by atoms with Crippen molar-refractivity contribution in [3.05, 3.63) is 45.1 Å². The zero-order valence-electron chi connectivity index (χ0n) is 15.3. The number of ether oxygens (including phenoxy) is 1. The van der Waals surface area contributed by atoms with E-state index in [1.54, 1.807) is 19.2 Å². The van der Waals surface area contributed by atoms with Crippen molar-refractivity contribution in [2.24, 2.45) is 14.1 Å². The van der Waals surface area contributed by atoms with Gasteiger partial charge in [-0.05, 0) is 19.1 Å². The predicted octanol–water partition coefficient (Wildman–Crippen LogP) is 1.38. The molecule has 0 aliphatic heterocycles. The number of carbonyl (C=O) groups is 1. The number of Topliss-reactive ketones (excluding diaryl/α,β-unsaturated/α-hetero) is 1. The summed E-state index contributed by atoms with van der Waals surface area (Å²) in [5.41, 5.74) is -0.143. The minimum absolute atomic E-state index is 0.0488. The zero-order valence-corrected chi connectivity index (χ0v) is 16.2. The van der Waals surface area contributed by atoms with Crippen molar-refractivity contribution in [1.29, 1.82) is 0 Å². The average molecular weight is 386 g/mol. The fraction of sp³-hybridized carbons (Fsp3) is 0.278. The molecule has 0 saturated heterocycles. The maximum atomic E-state index is 12.7. The molecule has 0 unspecified atom stereocenters. The van der Waals surface area contributed by atoms with Gasteiger partial charge >= 0.3 is 5.69 Å². The highest BCUT2D eigenvalue weighted by atomic mass is 32.2. The van der Waals surface area contributed by atoms with Gasteiger partial charge in [-0.1, -0.05) is 23.9 Å². The van der Waals surface area contributed by atoms with Crippen LogP contribution in [0, 0.1) is 0 Å². The summed E-state index contributed by atoms with van der Waals surface area (Å²) in [4.78, 5) is 45.5. The summed E-state index contributed by atoms with van der Waals surface area (Å²) in [6.07, 6.45) is 0. The maximum Gasteiger partial charge on any atom is 0.332 e. The molecule has 0 saturated carbocycles. The van der Waals surface area contributed by atoms with Crippen LogP contribution in [0.1, 0.15) is 6.92 Å². The van der Waals surface area contributed by atoms with Crippen molar-refractivity contribution < 1.29 is 9.53 Å². The van der Waals surface area contributed by atoms with Crippen LogP contribution in [-0.2, 0) is 18.9 Å². The van der Waals surface area contributed by atoms with Crippen LogP contribution in [0.25, 0.3) is 22.4 Å². The summed E-state index contributed by atoms with van der Waals surface area (Å²) in [5.74, 6) is 0.985. The number of aryl methyl sites for hydroxylation is 1. The molecule has 0 aliphatic rings. The second kappa shape index (κ2) is 7.36. The third-order valence-electron chi connectivity index (χ3n) is 4.03. The van der Waals surface area contributed by atoms with E-state index >= 15 is 0 Å². The molecule has 0 N–H and O–H groups in total. The molecule has 3 rings (SSSR count). The van der Waals surface area contributed by atoms with Crippen LogP contribution < -0.4 is 16.0 Å². The Labute approximate surface area is 158 Å². The van der Waals surface area contributed by atoms with Crippen LogP contribution >= 0.6 is 11.8 Å². The number of ketones is 1. The van der Waals surface area contributed by atoms with Gasteiger partial charge in [-0.15, -0.1) is 0 Å². The zero-order chi connectivity index (χ0) is 19.7. The number of aromatic nitrogens is 4. The monoisotopic (exact) mass is 386 g/mol. The number of hydrogen-bond acceptors (Lipinski definition) is 7. The average Bonchev–Trinajstić information content (AvgIpc) is 2.68. The normalized spacial score (nSPS) is 11.0. The number of carbonyl (C=O) groups excluding carboxylic acids is 1. The van der Waals surface area contributed by atoms with Crippen LogP contribution in [0.2, 0.25) is 0 Å².